The van der Waals surface area contributed by atoms with Crippen molar-refractivity contribution < 1.29 is 19.1 Å². The van der Waals surface area contributed by atoms with Gasteiger partial charge in [0, 0.05) is 10.8 Å². The number of rotatable bonds is 3. The zero-order valence-electron chi connectivity index (χ0n) is 18.2. The smallest absolute Gasteiger partial charge is 0.339 e. The maximum absolute atomic E-state index is 13.6. The molecule has 0 N–H and O–H groups in total. The Balaban J connectivity index is 1.80. The molecule has 34 heavy (non-hydrogen) atoms. The van der Waals surface area contributed by atoms with E-state index in [2.05, 4.69) is 0 Å². The predicted molar refractivity (Wildman–Crippen MR) is 130 cm³/mol. The van der Waals surface area contributed by atoms with E-state index in [0.29, 0.717) is 16.6 Å². The number of imide groups is 1. The minimum atomic E-state index is -0.650. The van der Waals surface area contributed by atoms with Gasteiger partial charge < -0.3 is 4.74 Å². The van der Waals surface area contributed by atoms with Crippen LogP contribution in [0.3, 0.4) is 0 Å². The van der Waals surface area contributed by atoms with Crippen LogP contribution in [-0.2, 0) is 4.74 Å². The number of fused-ring (bicyclic) bond motifs is 7. The summed E-state index contributed by atoms with van der Waals surface area (Å²) in [4.78, 5) is 46.3. The number of hydrogen-bond donors (Lipinski definition) is 0. The lowest BCUT2D eigenvalue weighted by Gasteiger charge is -2.15. The Morgan fingerprint density at radius 3 is 2.06 bits per heavy atom. The first kappa shape index (κ1) is 20.1. The van der Waals surface area contributed by atoms with Gasteiger partial charge >= 0.3 is 5.97 Å². The van der Waals surface area contributed by atoms with Crippen molar-refractivity contribution in [1.29, 1.82) is 0 Å². The second-order valence-electron chi connectivity index (χ2n) is 8.03. The molecule has 6 nitrogen and oxygen atoms in total. The molecule has 0 aliphatic carbocycles. The molecule has 0 saturated carbocycles. The molecule has 0 bridgehead atoms. The molecular weight excluding hydrogens is 428 g/mol. The Hall–Kier alpha value is -4.58. The van der Waals surface area contributed by atoms with Gasteiger partial charge in [0.25, 0.3) is 11.8 Å². The summed E-state index contributed by atoms with van der Waals surface area (Å²) in [6.45, 7) is 1.84. The summed E-state index contributed by atoms with van der Waals surface area (Å²) in [5, 5.41) is 3.96. The third-order valence-corrected chi connectivity index (χ3v) is 6.18. The van der Waals surface area contributed by atoms with Crippen molar-refractivity contribution in [2.24, 2.45) is 0 Å². The molecule has 6 heteroatoms. The molecule has 6 rings (SSSR count). The van der Waals surface area contributed by atoms with Gasteiger partial charge in [-0.25, -0.2) is 14.7 Å². The minimum Gasteiger partial charge on any atom is -0.462 e. The van der Waals surface area contributed by atoms with Crippen molar-refractivity contribution in [1.82, 2.24) is 4.98 Å². The highest BCUT2D eigenvalue weighted by molar-refractivity contribution is 6.39. The molecule has 164 valence electrons. The molecular formula is C28H18N2O4. The highest BCUT2D eigenvalue weighted by atomic mass is 16.5. The molecule has 5 aromatic rings. The predicted octanol–water partition coefficient (Wildman–Crippen LogP) is 5.52. The Bertz CT molecular complexity index is 1680. The lowest BCUT2D eigenvalue weighted by atomic mass is 9.92. The SMILES string of the molecule is CCOC(=O)c1c2c(nc3c4ccccc4c4ccccc4c13)C(=O)N(c1ccccc1)C2=O. The quantitative estimate of drug-likeness (QED) is 0.207. The van der Waals surface area contributed by atoms with Crippen LogP contribution in [0, 0.1) is 0 Å². The Morgan fingerprint density at radius 2 is 1.38 bits per heavy atom. The molecule has 0 atom stereocenters. The molecule has 0 unspecified atom stereocenters. The summed E-state index contributed by atoms with van der Waals surface area (Å²) >= 11 is 0. The highest BCUT2D eigenvalue weighted by Crippen LogP contribution is 2.40. The number of ether oxygens (including phenoxy) is 1. The Labute approximate surface area is 194 Å². The molecule has 2 amide bonds. The fraction of sp³-hybridized carbons (Fsp3) is 0.0714. The van der Waals surface area contributed by atoms with Crippen LogP contribution in [0.25, 0.3) is 32.4 Å². The number of aromatic nitrogens is 1. The van der Waals surface area contributed by atoms with Crippen molar-refractivity contribution in [2.45, 2.75) is 6.92 Å². The fourth-order valence-corrected chi connectivity index (χ4v) is 4.79. The monoisotopic (exact) mass is 446 g/mol. The van der Waals surface area contributed by atoms with E-state index in [1.54, 1.807) is 37.3 Å². The lowest BCUT2D eigenvalue weighted by Crippen LogP contribution is -2.29. The van der Waals surface area contributed by atoms with Crippen LogP contribution in [0.1, 0.15) is 38.1 Å². The van der Waals surface area contributed by atoms with Gasteiger partial charge in [-0.2, -0.15) is 0 Å². The van der Waals surface area contributed by atoms with Crippen LogP contribution < -0.4 is 4.90 Å². The zero-order valence-corrected chi connectivity index (χ0v) is 18.2. The first-order valence-corrected chi connectivity index (χ1v) is 11.0. The maximum Gasteiger partial charge on any atom is 0.339 e. The van der Waals surface area contributed by atoms with Crippen molar-refractivity contribution in [3.05, 3.63) is 95.7 Å². The van der Waals surface area contributed by atoms with Gasteiger partial charge in [0.15, 0.2) is 0 Å². The van der Waals surface area contributed by atoms with Crippen LogP contribution in [0.15, 0.2) is 78.9 Å². The Morgan fingerprint density at radius 1 is 0.794 bits per heavy atom. The van der Waals surface area contributed by atoms with E-state index < -0.39 is 17.8 Å². The van der Waals surface area contributed by atoms with Gasteiger partial charge in [-0.1, -0.05) is 66.7 Å². The molecule has 1 aliphatic heterocycles. The van der Waals surface area contributed by atoms with Gasteiger partial charge in [0.1, 0.15) is 5.69 Å². The summed E-state index contributed by atoms with van der Waals surface area (Å²) in [6.07, 6.45) is 0. The number of hydrogen-bond acceptors (Lipinski definition) is 5. The van der Waals surface area contributed by atoms with E-state index in [4.69, 9.17) is 9.72 Å². The normalized spacial score (nSPS) is 13.1. The number of nitrogens with zero attached hydrogens (tertiary/aromatic N) is 2. The first-order valence-electron chi connectivity index (χ1n) is 11.0. The van der Waals surface area contributed by atoms with Gasteiger partial charge in [0.05, 0.1) is 28.9 Å². The molecule has 0 saturated heterocycles. The third-order valence-electron chi connectivity index (χ3n) is 6.18. The molecule has 4 aromatic carbocycles. The van der Waals surface area contributed by atoms with Gasteiger partial charge in [-0.3, -0.25) is 9.59 Å². The van der Waals surface area contributed by atoms with Crippen LogP contribution in [-0.4, -0.2) is 29.4 Å². The maximum atomic E-state index is 13.6. The summed E-state index contributed by atoms with van der Waals surface area (Å²) < 4.78 is 5.40. The zero-order chi connectivity index (χ0) is 23.4. The fourth-order valence-electron chi connectivity index (χ4n) is 4.79. The van der Waals surface area contributed by atoms with E-state index in [0.717, 1.165) is 26.4 Å². The number of carbonyl (C=O) groups is 3. The van der Waals surface area contributed by atoms with Crippen molar-refractivity contribution in [3.8, 4) is 0 Å². The van der Waals surface area contributed by atoms with E-state index in [9.17, 15) is 14.4 Å². The number of esters is 1. The van der Waals surface area contributed by atoms with Gasteiger partial charge in [-0.05, 0) is 35.2 Å². The van der Waals surface area contributed by atoms with Crippen molar-refractivity contribution in [2.75, 3.05) is 11.5 Å². The standard InChI is InChI=1S/C28H18N2O4/c1-2-34-28(33)22-21-19-14-8-6-12-17(19)18-13-7-9-15-20(18)24(21)29-25-23(22)26(31)30(27(25)32)16-10-4-3-5-11-16/h3-15H,2H2,1H3. The van der Waals surface area contributed by atoms with E-state index in [1.165, 1.54) is 0 Å². The molecule has 1 aliphatic rings. The highest BCUT2D eigenvalue weighted by Gasteiger charge is 2.43. The van der Waals surface area contributed by atoms with E-state index in [-0.39, 0.29) is 23.4 Å². The number of anilines is 1. The molecule has 0 spiro atoms. The topological polar surface area (TPSA) is 76.6 Å². The third kappa shape index (κ3) is 2.69. The van der Waals surface area contributed by atoms with Crippen LogP contribution >= 0.6 is 0 Å². The number of para-hydroxylation sites is 1. The first-order chi connectivity index (χ1) is 16.6. The number of benzene rings is 4. The number of amides is 2. The molecule has 0 radical (unpaired) electrons. The molecule has 1 aromatic heterocycles. The van der Waals surface area contributed by atoms with Crippen LogP contribution in [0.2, 0.25) is 0 Å². The van der Waals surface area contributed by atoms with Gasteiger partial charge in [-0.15, -0.1) is 0 Å². The summed E-state index contributed by atoms with van der Waals surface area (Å²) in [6, 6.07) is 24.0. The van der Waals surface area contributed by atoms with Crippen molar-refractivity contribution in [3.63, 3.8) is 0 Å². The largest absolute Gasteiger partial charge is 0.462 e. The van der Waals surface area contributed by atoms with Gasteiger partial charge in [0.2, 0.25) is 0 Å². The summed E-state index contributed by atoms with van der Waals surface area (Å²) in [5.41, 5.74) is 0.946. The lowest BCUT2D eigenvalue weighted by molar-refractivity contribution is 0.0525. The number of carbonyl (C=O) groups excluding carboxylic acids is 3. The average Bonchev–Trinajstić information content (AvgIpc) is 3.13. The summed E-state index contributed by atoms with van der Waals surface area (Å²) in [5.74, 6) is -1.79. The molecule has 2 heterocycles. The summed E-state index contributed by atoms with van der Waals surface area (Å²) in [7, 11) is 0. The van der Waals surface area contributed by atoms with Crippen LogP contribution in [0.5, 0.6) is 0 Å². The number of pyridine rings is 1. The van der Waals surface area contributed by atoms with E-state index >= 15 is 0 Å². The second-order valence-corrected chi connectivity index (χ2v) is 8.03. The van der Waals surface area contributed by atoms with Crippen molar-refractivity contribution >= 4 is 55.9 Å². The second kappa shape index (κ2) is 7.49. The van der Waals surface area contributed by atoms with E-state index in [1.807, 2.05) is 48.5 Å². The average molecular weight is 446 g/mol. The Kier molecular flexibility index (Phi) is 4.42. The van der Waals surface area contributed by atoms with Crippen LogP contribution in [0.4, 0.5) is 5.69 Å². The minimum absolute atomic E-state index is 0.0137. The molecule has 0 fully saturated rings.